The molecule has 1 atom stereocenters. The largest absolute Gasteiger partial charge is 0.352 e. The number of nitrogens with zero attached hydrogens (tertiary/aromatic N) is 1. The third-order valence-electron chi connectivity index (χ3n) is 1.68. The minimum atomic E-state index is -0.124. The summed E-state index contributed by atoms with van der Waals surface area (Å²) in [4.78, 5) is 10.9. The van der Waals surface area contributed by atoms with Crippen molar-refractivity contribution in [3.05, 3.63) is 24.5 Å². The van der Waals surface area contributed by atoms with Crippen molar-refractivity contribution in [2.24, 2.45) is 0 Å². The van der Waals surface area contributed by atoms with Crippen LogP contribution in [0.15, 0.2) is 24.5 Å². The Bertz CT molecular complexity index is 259. The Labute approximate surface area is 82.7 Å². The summed E-state index contributed by atoms with van der Waals surface area (Å²) in [5, 5.41) is 2.78. The quantitative estimate of drug-likeness (QED) is 0.729. The zero-order valence-electron chi connectivity index (χ0n) is 7.53. The first-order chi connectivity index (χ1) is 6.22. The van der Waals surface area contributed by atoms with Crippen molar-refractivity contribution in [1.29, 1.82) is 0 Å². The average Bonchev–Trinajstić information content (AvgIpc) is 2.56. The smallest absolute Gasteiger partial charge is 0.235 e. The number of rotatable bonds is 4. The SMILES string of the molecule is CC(Cn1cccc1)NC(=O)CCl. The van der Waals surface area contributed by atoms with Gasteiger partial charge in [0.2, 0.25) is 5.91 Å². The second kappa shape index (κ2) is 4.92. The van der Waals surface area contributed by atoms with Gasteiger partial charge in [0.1, 0.15) is 5.88 Å². The molecule has 0 aliphatic carbocycles. The van der Waals surface area contributed by atoms with Crippen molar-refractivity contribution >= 4 is 17.5 Å². The molecule has 1 N–H and O–H groups in total. The molecule has 0 saturated carbocycles. The third-order valence-corrected chi connectivity index (χ3v) is 1.92. The summed E-state index contributed by atoms with van der Waals surface area (Å²) in [6.07, 6.45) is 3.92. The minimum absolute atomic E-state index is 0.0238. The van der Waals surface area contributed by atoms with Crippen LogP contribution in [0.3, 0.4) is 0 Å². The zero-order valence-corrected chi connectivity index (χ0v) is 8.29. The molecule has 1 heterocycles. The van der Waals surface area contributed by atoms with E-state index in [4.69, 9.17) is 11.6 Å². The summed E-state index contributed by atoms with van der Waals surface area (Å²) in [6.45, 7) is 2.72. The Kier molecular flexibility index (Phi) is 3.83. The second-order valence-corrected chi connectivity index (χ2v) is 3.25. The van der Waals surface area contributed by atoms with Crippen LogP contribution in [-0.2, 0) is 11.3 Å². The molecule has 0 aliphatic heterocycles. The summed E-state index contributed by atoms with van der Waals surface area (Å²) >= 11 is 5.36. The second-order valence-electron chi connectivity index (χ2n) is 2.98. The molecule has 4 heteroatoms. The number of nitrogens with one attached hydrogen (secondary N) is 1. The number of carbonyl (C=O) groups is 1. The Morgan fingerprint density at radius 2 is 2.15 bits per heavy atom. The Balaban J connectivity index is 2.33. The van der Waals surface area contributed by atoms with E-state index in [1.807, 2.05) is 36.0 Å². The lowest BCUT2D eigenvalue weighted by Gasteiger charge is -2.13. The Hall–Kier alpha value is -0.960. The fourth-order valence-corrected chi connectivity index (χ4v) is 1.24. The monoisotopic (exact) mass is 200 g/mol. The van der Waals surface area contributed by atoms with E-state index in [1.165, 1.54) is 0 Å². The molecular formula is C9H13ClN2O. The van der Waals surface area contributed by atoms with Crippen molar-refractivity contribution in [1.82, 2.24) is 9.88 Å². The van der Waals surface area contributed by atoms with Crippen LogP contribution >= 0.6 is 11.6 Å². The summed E-state index contributed by atoms with van der Waals surface area (Å²) < 4.78 is 2.01. The minimum Gasteiger partial charge on any atom is -0.352 e. The molecule has 0 spiro atoms. The number of hydrogen-bond acceptors (Lipinski definition) is 1. The van der Waals surface area contributed by atoms with Gasteiger partial charge in [-0.2, -0.15) is 0 Å². The molecule has 0 aliphatic rings. The van der Waals surface area contributed by atoms with Crippen LogP contribution in [0.2, 0.25) is 0 Å². The number of halogens is 1. The van der Waals surface area contributed by atoms with Gasteiger partial charge >= 0.3 is 0 Å². The van der Waals surface area contributed by atoms with Crippen LogP contribution in [0.4, 0.5) is 0 Å². The van der Waals surface area contributed by atoms with E-state index in [-0.39, 0.29) is 17.8 Å². The van der Waals surface area contributed by atoms with E-state index in [2.05, 4.69) is 5.32 Å². The van der Waals surface area contributed by atoms with Crippen molar-refractivity contribution < 1.29 is 4.79 Å². The Morgan fingerprint density at radius 3 is 2.69 bits per heavy atom. The highest BCUT2D eigenvalue weighted by Crippen LogP contribution is 1.93. The maximum atomic E-state index is 10.9. The van der Waals surface area contributed by atoms with Gasteiger partial charge in [0, 0.05) is 25.0 Å². The van der Waals surface area contributed by atoms with Crippen LogP contribution in [0.1, 0.15) is 6.92 Å². The first-order valence-corrected chi connectivity index (χ1v) is 4.72. The molecule has 0 aromatic carbocycles. The fraction of sp³-hybridized carbons (Fsp3) is 0.444. The van der Waals surface area contributed by atoms with Crippen molar-refractivity contribution in [3.8, 4) is 0 Å². The highest BCUT2D eigenvalue weighted by atomic mass is 35.5. The molecule has 1 aromatic rings. The molecule has 0 saturated heterocycles. The number of amides is 1. The summed E-state index contributed by atoms with van der Waals surface area (Å²) in [7, 11) is 0. The highest BCUT2D eigenvalue weighted by Gasteiger charge is 2.05. The average molecular weight is 201 g/mol. The zero-order chi connectivity index (χ0) is 9.68. The first-order valence-electron chi connectivity index (χ1n) is 4.18. The molecule has 1 rings (SSSR count). The molecular weight excluding hydrogens is 188 g/mol. The first kappa shape index (κ1) is 10.1. The molecule has 13 heavy (non-hydrogen) atoms. The van der Waals surface area contributed by atoms with Gasteiger partial charge in [0.15, 0.2) is 0 Å². The standard InChI is InChI=1S/C9H13ClN2O/c1-8(11-9(13)6-10)7-12-4-2-3-5-12/h2-5,8H,6-7H2,1H3,(H,11,13). The molecule has 1 aromatic heterocycles. The number of hydrogen-bond donors (Lipinski definition) is 1. The predicted molar refractivity (Wildman–Crippen MR) is 52.8 cm³/mol. The molecule has 0 bridgehead atoms. The Morgan fingerprint density at radius 1 is 1.54 bits per heavy atom. The molecule has 0 radical (unpaired) electrons. The fourth-order valence-electron chi connectivity index (χ4n) is 1.17. The van der Waals surface area contributed by atoms with Crippen molar-refractivity contribution in [3.63, 3.8) is 0 Å². The number of aromatic nitrogens is 1. The van der Waals surface area contributed by atoms with Gasteiger partial charge in [0.05, 0.1) is 0 Å². The van der Waals surface area contributed by atoms with Gasteiger partial charge in [-0.15, -0.1) is 11.6 Å². The lowest BCUT2D eigenvalue weighted by atomic mass is 10.3. The lowest BCUT2D eigenvalue weighted by molar-refractivity contribution is -0.119. The van der Waals surface area contributed by atoms with E-state index >= 15 is 0 Å². The lowest BCUT2D eigenvalue weighted by Crippen LogP contribution is -2.36. The number of carbonyl (C=O) groups excluding carboxylic acids is 1. The highest BCUT2D eigenvalue weighted by molar-refractivity contribution is 6.27. The van der Waals surface area contributed by atoms with Crippen LogP contribution < -0.4 is 5.32 Å². The van der Waals surface area contributed by atoms with Gasteiger partial charge in [-0.25, -0.2) is 0 Å². The molecule has 1 unspecified atom stereocenters. The third kappa shape index (κ3) is 3.51. The van der Waals surface area contributed by atoms with E-state index in [0.717, 1.165) is 6.54 Å². The molecule has 1 amide bonds. The van der Waals surface area contributed by atoms with E-state index in [0.29, 0.717) is 0 Å². The number of alkyl halides is 1. The summed E-state index contributed by atoms with van der Waals surface area (Å²) in [6, 6.07) is 4.02. The van der Waals surface area contributed by atoms with E-state index < -0.39 is 0 Å². The summed E-state index contributed by atoms with van der Waals surface area (Å²) in [5.74, 6) is -0.0999. The van der Waals surface area contributed by atoms with Gasteiger partial charge in [-0.1, -0.05) is 0 Å². The van der Waals surface area contributed by atoms with E-state index in [1.54, 1.807) is 0 Å². The van der Waals surface area contributed by atoms with Crippen LogP contribution in [0, 0.1) is 0 Å². The topological polar surface area (TPSA) is 34.0 Å². The van der Waals surface area contributed by atoms with Gasteiger partial charge < -0.3 is 9.88 Å². The van der Waals surface area contributed by atoms with Crippen LogP contribution in [0.5, 0.6) is 0 Å². The van der Waals surface area contributed by atoms with Crippen LogP contribution in [0.25, 0.3) is 0 Å². The molecule has 0 fully saturated rings. The summed E-state index contributed by atoms with van der Waals surface area (Å²) in [5.41, 5.74) is 0. The maximum Gasteiger partial charge on any atom is 0.235 e. The molecule has 72 valence electrons. The van der Waals surface area contributed by atoms with Gasteiger partial charge in [-0.3, -0.25) is 4.79 Å². The van der Waals surface area contributed by atoms with E-state index in [9.17, 15) is 4.79 Å². The maximum absolute atomic E-state index is 10.9. The van der Waals surface area contributed by atoms with Gasteiger partial charge in [0.25, 0.3) is 0 Å². The predicted octanol–water partition coefficient (Wildman–Crippen LogP) is 1.23. The van der Waals surface area contributed by atoms with Gasteiger partial charge in [-0.05, 0) is 19.1 Å². The van der Waals surface area contributed by atoms with Crippen molar-refractivity contribution in [2.75, 3.05) is 5.88 Å². The molecule has 3 nitrogen and oxygen atoms in total. The van der Waals surface area contributed by atoms with Crippen LogP contribution in [-0.4, -0.2) is 22.4 Å². The normalized spacial score (nSPS) is 12.5. The van der Waals surface area contributed by atoms with Crippen molar-refractivity contribution in [2.45, 2.75) is 19.5 Å².